The molecule has 0 saturated carbocycles. The van der Waals surface area contributed by atoms with Crippen LogP contribution in [0, 0.1) is 11.6 Å². The minimum absolute atomic E-state index is 0.0314. The van der Waals surface area contributed by atoms with Gasteiger partial charge in [-0.1, -0.05) is 36.9 Å². The summed E-state index contributed by atoms with van der Waals surface area (Å²) in [6.07, 6.45) is 1.21. The van der Waals surface area contributed by atoms with Crippen molar-refractivity contribution < 1.29 is 27.8 Å². The minimum atomic E-state index is -1.20. The lowest BCUT2D eigenvalue weighted by Crippen LogP contribution is -2.25. The largest absolute Gasteiger partial charge is 0.498 e. The first kappa shape index (κ1) is 19.4. The summed E-state index contributed by atoms with van der Waals surface area (Å²) in [6, 6.07) is 11.0. The summed E-state index contributed by atoms with van der Waals surface area (Å²) in [6.45, 7) is 6.87. The van der Waals surface area contributed by atoms with Crippen LogP contribution in [-0.4, -0.2) is 19.2 Å². The summed E-state index contributed by atoms with van der Waals surface area (Å²) in [5.41, 5.74) is -0.316. The van der Waals surface area contributed by atoms with Gasteiger partial charge in [-0.25, -0.2) is 9.18 Å². The van der Waals surface area contributed by atoms with E-state index in [-0.39, 0.29) is 24.5 Å². The third-order valence-corrected chi connectivity index (χ3v) is 3.62. The quantitative estimate of drug-likeness (QED) is 0.391. The summed E-state index contributed by atoms with van der Waals surface area (Å²) >= 11 is 0. The van der Waals surface area contributed by atoms with E-state index in [1.54, 1.807) is 13.8 Å². The summed E-state index contributed by atoms with van der Waals surface area (Å²) < 4.78 is 43.1. The molecule has 0 aromatic heterocycles. The molecule has 2 aromatic carbocycles. The summed E-state index contributed by atoms with van der Waals surface area (Å²) in [5.74, 6) is -3.55. The van der Waals surface area contributed by atoms with Gasteiger partial charge in [0.15, 0.2) is 11.6 Å². The van der Waals surface area contributed by atoms with E-state index in [4.69, 9.17) is 14.2 Å². The van der Waals surface area contributed by atoms with Gasteiger partial charge in [-0.2, -0.15) is 4.39 Å². The third kappa shape index (κ3) is 4.81. The molecule has 0 N–H and O–H groups in total. The molecule has 0 atom stereocenters. The Hall–Kier alpha value is -2.89. The Balaban J connectivity index is 2.18. The summed E-state index contributed by atoms with van der Waals surface area (Å²) in [5, 5.41) is 0. The van der Waals surface area contributed by atoms with E-state index in [2.05, 4.69) is 6.58 Å². The van der Waals surface area contributed by atoms with Crippen LogP contribution in [0.25, 0.3) is 0 Å². The molecule has 0 radical (unpaired) electrons. The smallest absolute Gasteiger partial charge is 0.339 e. The molecule has 2 aromatic rings. The standard InChI is InChI=1S/C20H20F2O4/c1-4-24-10-11-25-17-13-14(12-16(21)18(17)22)19(23)26-20(2,3)15-8-6-5-7-9-15/h4-9,12-13H,1,10-11H2,2-3H3. The number of benzene rings is 2. The van der Waals surface area contributed by atoms with Crippen molar-refractivity contribution in [2.24, 2.45) is 0 Å². The van der Waals surface area contributed by atoms with Crippen molar-refractivity contribution in [3.05, 3.63) is 78.1 Å². The molecule has 0 aliphatic carbocycles. The maximum atomic E-state index is 13.8. The van der Waals surface area contributed by atoms with Crippen LogP contribution in [0.1, 0.15) is 29.8 Å². The van der Waals surface area contributed by atoms with Gasteiger partial charge in [0.2, 0.25) is 5.82 Å². The maximum absolute atomic E-state index is 13.8. The van der Waals surface area contributed by atoms with Crippen LogP contribution in [-0.2, 0) is 15.1 Å². The first-order valence-electron chi connectivity index (χ1n) is 7.98. The molecule has 0 saturated heterocycles. The van der Waals surface area contributed by atoms with Crippen LogP contribution >= 0.6 is 0 Å². The van der Waals surface area contributed by atoms with Gasteiger partial charge in [-0.15, -0.1) is 0 Å². The second-order valence-electron chi connectivity index (χ2n) is 5.92. The van der Waals surface area contributed by atoms with E-state index in [1.807, 2.05) is 30.3 Å². The van der Waals surface area contributed by atoms with Crippen molar-refractivity contribution >= 4 is 5.97 Å². The van der Waals surface area contributed by atoms with E-state index in [0.29, 0.717) is 0 Å². The monoisotopic (exact) mass is 362 g/mol. The minimum Gasteiger partial charge on any atom is -0.498 e. The second kappa shape index (κ2) is 8.47. The van der Waals surface area contributed by atoms with E-state index >= 15 is 0 Å². The topological polar surface area (TPSA) is 44.8 Å². The van der Waals surface area contributed by atoms with Crippen molar-refractivity contribution in [2.75, 3.05) is 13.2 Å². The van der Waals surface area contributed by atoms with Crippen LogP contribution in [0.4, 0.5) is 8.78 Å². The Morgan fingerprint density at radius 2 is 1.85 bits per heavy atom. The lowest BCUT2D eigenvalue weighted by atomic mass is 9.98. The van der Waals surface area contributed by atoms with Crippen LogP contribution in [0.3, 0.4) is 0 Å². The van der Waals surface area contributed by atoms with Crippen molar-refractivity contribution in [1.82, 2.24) is 0 Å². The number of carbonyl (C=O) groups excluding carboxylic acids is 1. The van der Waals surface area contributed by atoms with E-state index in [1.165, 1.54) is 6.26 Å². The van der Waals surface area contributed by atoms with Crippen molar-refractivity contribution in [3.63, 3.8) is 0 Å². The molecule has 138 valence electrons. The van der Waals surface area contributed by atoms with Crippen molar-refractivity contribution in [1.29, 1.82) is 0 Å². The predicted molar refractivity (Wildman–Crippen MR) is 92.9 cm³/mol. The van der Waals surface area contributed by atoms with Gasteiger partial charge in [-0.05, 0) is 31.5 Å². The number of halogens is 2. The highest BCUT2D eigenvalue weighted by atomic mass is 19.2. The van der Waals surface area contributed by atoms with E-state index < -0.39 is 23.2 Å². The molecule has 0 spiro atoms. The SMILES string of the molecule is C=COCCOc1cc(C(=O)OC(C)(C)c2ccccc2)cc(F)c1F. The van der Waals surface area contributed by atoms with Crippen LogP contribution in [0.15, 0.2) is 55.3 Å². The Kier molecular flexibility index (Phi) is 6.33. The number of hydrogen-bond acceptors (Lipinski definition) is 4. The van der Waals surface area contributed by atoms with Crippen molar-refractivity contribution in [3.8, 4) is 5.75 Å². The van der Waals surface area contributed by atoms with Crippen LogP contribution < -0.4 is 4.74 Å². The first-order chi connectivity index (χ1) is 12.3. The third-order valence-electron chi connectivity index (χ3n) is 3.62. The van der Waals surface area contributed by atoms with E-state index in [9.17, 15) is 13.6 Å². The molecule has 2 rings (SSSR count). The zero-order valence-corrected chi connectivity index (χ0v) is 14.6. The Morgan fingerprint density at radius 3 is 2.50 bits per heavy atom. The lowest BCUT2D eigenvalue weighted by Gasteiger charge is -2.25. The lowest BCUT2D eigenvalue weighted by molar-refractivity contribution is -0.00323. The molecule has 0 heterocycles. The number of esters is 1. The molecule has 0 amide bonds. The fourth-order valence-electron chi connectivity index (χ4n) is 2.26. The fraction of sp³-hybridized carbons (Fsp3) is 0.250. The van der Waals surface area contributed by atoms with Gasteiger partial charge in [0.05, 0.1) is 11.8 Å². The summed E-state index contributed by atoms with van der Waals surface area (Å²) in [7, 11) is 0. The summed E-state index contributed by atoms with van der Waals surface area (Å²) in [4.78, 5) is 12.4. The van der Waals surface area contributed by atoms with Crippen molar-refractivity contribution in [2.45, 2.75) is 19.4 Å². The number of hydrogen-bond donors (Lipinski definition) is 0. The van der Waals surface area contributed by atoms with Gasteiger partial charge in [0.1, 0.15) is 18.8 Å². The van der Waals surface area contributed by atoms with Gasteiger partial charge in [0.25, 0.3) is 0 Å². The Labute approximate surface area is 151 Å². The normalized spacial score (nSPS) is 10.9. The van der Waals surface area contributed by atoms with E-state index in [0.717, 1.165) is 17.7 Å². The molecule has 0 unspecified atom stereocenters. The molecule has 6 heteroatoms. The predicted octanol–water partition coefficient (Wildman–Crippen LogP) is 4.60. The zero-order valence-electron chi connectivity index (χ0n) is 14.6. The molecule has 0 bridgehead atoms. The first-order valence-corrected chi connectivity index (χ1v) is 7.98. The Morgan fingerprint density at radius 1 is 1.15 bits per heavy atom. The van der Waals surface area contributed by atoms with Gasteiger partial charge >= 0.3 is 5.97 Å². The zero-order chi connectivity index (χ0) is 19.2. The molecule has 26 heavy (non-hydrogen) atoms. The van der Waals surface area contributed by atoms with Crippen LogP contribution in [0.2, 0.25) is 0 Å². The molecule has 0 aliphatic heterocycles. The second-order valence-corrected chi connectivity index (χ2v) is 5.92. The fourth-order valence-corrected chi connectivity index (χ4v) is 2.26. The molecule has 0 fully saturated rings. The van der Waals surface area contributed by atoms with Gasteiger partial charge < -0.3 is 14.2 Å². The van der Waals surface area contributed by atoms with Gasteiger partial charge in [0, 0.05) is 0 Å². The number of rotatable bonds is 8. The van der Waals surface area contributed by atoms with Gasteiger partial charge in [-0.3, -0.25) is 0 Å². The number of carbonyl (C=O) groups is 1. The highest BCUT2D eigenvalue weighted by molar-refractivity contribution is 5.90. The average molecular weight is 362 g/mol. The highest BCUT2D eigenvalue weighted by Crippen LogP contribution is 2.28. The maximum Gasteiger partial charge on any atom is 0.339 e. The molecular formula is C20H20F2O4. The van der Waals surface area contributed by atoms with Crippen LogP contribution in [0.5, 0.6) is 5.75 Å². The molecule has 0 aliphatic rings. The Bertz CT molecular complexity index is 773. The number of ether oxygens (including phenoxy) is 3. The molecule has 4 nitrogen and oxygen atoms in total. The molecular weight excluding hydrogens is 342 g/mol. The highest BCUT2D eigenvalue weighted by Gasteiger charge is 2.27. The average Bonchev–Trinajstić information content (AvgIpc) is 2.62.